The van der Waals surface area contributed by atoms with E-state index < -0.39 is 0 Å². The summed E-state index contributed by atoms with van der Waals surface area (Å²) in [4.78, 5) is 4.37. The number of hydrogen-bond acceptors (Lipinski definition) is 4. The van der Waals surface area contributed by atoms with E-state index in [1.807, 2.05) is 12.3 Å². The van der Waals surface area contributed by atoms with Crippen LogP contribution in [0, 0.1) is 12.8 Å². The molecule has 80 valence electrons. The lowest BCUT2D eigenvalue weighted by atomic mass is 10.1. The molecule has 1 aromatic rings. The van der Waals surface area contributed by atoms with Gasteiger partial charge in [0, 0.05) is 12.5 Å². The minimum absolute atomic E-state index is 0.338. The number of thiazole rings is 1. The third-order valence-electron chi connectivity index (χ3n) is 2.08. The second-order valence-corrected chi connectivity index (χ2v) is 4.60. The van der Waals surface area contributed by atoms with E-state index in [2.05, 4.69) is 24.1 Å². The van der Waals surface area contributed by atoms with Gasteiger partial charge in [-0.2, -0.15) is 0 Å². The second kappa shape index (κ2) is 5.32. The van der Waals surface area contributed by atoms with Crippen LogP contribution in [0.15, 0.2) is 5.38 Å². The average molecular weight is 214 g/mol. The molecule has 0 aliphatic heterocycles. The Hall–Kier alpha value is -0.610. The summed E-state index contributed by atoms with van der Waals surface area (Å²) in [5.41, 5.74) is 1.07. The van der Waals surface area contributed by atoms with Crippen LogP contribution in [0.1, 0.15) is 19.5 Å². The molecule has 0 amide bonds. The Morgan fingerprint density at radius 2 is 2.29 bits per heavy atom. The van der Waals surface area contributed by atoms with E-state index >= 15 is 0 Å². The Bertz CT molecular complexity index is 273. The van der Waals surface area contributed by atoms with Crippen molar-refractivity contribution in [2.45, 2.75) is 26.8 Å². The van der Waals surface area contributed by atoms with Crippen molar-refractivity contribution in [2.24, 2.45) is 5.92 Å². The summed E-state index contributed by atoms with van der Waals surface area (Å²) in [6.45, 7) is 7.08. The standard InChI is InChI=1S/C10H18N2OS/c1-7(2)9(5-13-4)12-10-11-8(3)6-14-10/h6-7,9H,5H2,1-4H3,(H,11,12). The molecule has 0 spiro atoms. The zero-order valence-electron chi connectivity index (χ0n) is 9.20. The minimum atomic E-state index is 0.338. The number of aryl methyl sites for hydroxylation is 1. The lowest BCUT2D eigenvalue weighted by Gasteiger charge is -2.20. The minimum Gasteiger partial charge on any atom is -0.383 e. The van der Waals surface area contributed by atoms with Crippen molar-refractivity contribution in [2.75, 3.05) is 19.0 Å². The van der Waals surface area contributed by atoms with Gasteiger partial charge >= 0.3 is 0 Å². The first-order chi connectivity index (χ1) is 6.63. The number of rotatable bonds is 5. The number of methoxy groups -OCH3 is 1. The topological polar surface area (TPSA) is 34.1 Å². The predicted molar refractivity (Wildman–Crippen MR) is 61.0 cm³/mol. The summed E-state index contributed by atoms with van der Waals surface area (Å²) in [5, 5.41) is 6.42. The van der Waals surface area contributed by atoms with Crippen LogP contribution in [0.3, 0.4) is 0 Å². The summed E-state index contributed by atoms with van der Waals surface area (Å²) in [6, 6.07) is 0.338. The van der Waals surface area contributed by atoms with Gasteiger partial charge in [0.15, 0.2) is 5.13 Å². The molecule has 0 aliphatic carbocycles. The molecule has 0 aliphatic rings. The predicted octanol–water partition coefficient (Wildman–Crippen LogP) is 2.53. The molecule has 1 N–H and O–H groups in total. The van der Waals surface area contributed by atoms with Gasteiger partial charge in [0.05, 0.1) is 18.3 Å². The van der Waals surface area contributed by atoms with E-state index in [0.717, 1.165) is 17.4 Å². The molecule has 0 aromatic carbocycles. The SMILES string of the molecule is COCC(Nc1nc(C)cs1)C(C)C. The van der Waals surface area contributed by atoms with Crippen molar-refractivity contribution in [3.63, 3.8) is 0 Å². The van der Waals surface area contributed by atoms with Crippen LogP contribution in [0.4, 0.5) is 5.13 Å². The van der Waals surface area contributed by atoms with E-state index in [1.54, 1.807) is 18.4 Å². The fraction of sp³-hybridized carbons (Fsp3) is 0.700. The maximum absolute atomic E-state index is 5.16. The van der Waals surface area contributed by atoms with Gasteiger partial charge < -0.3 is 10.1 Å². The van der Waals surface area contributed by atoms with Gasteiger partial charge in [0.25, 0.3) is 0 Å². The highest BCUT2D eigenvalue weighted by molar-refractivity contribution is 7.13. The van der Waals surface area contributed by atoms with Crippen molar-refractivity contribution < 1.29 is 4.74 Å². The summed E-state index contributed by atoms with van der Waals surface area (Å²) >= 11 is 1.64. The van der Waals surface area contributed by atoms with Crippen molar-refractivity contribution >= 4 is 16.5 Å². The number of hydrogen-bond donors (Lipinski definition) is 1. The summed E-state index contributed by atoms with van der Waals surface area (Å²) in [7, 11) is 1.73. The molecule has 1 unspecified atom stereocenters. The first-order valence-corrected chi connectivity index (χ1v) is 5.69. The molecule has 0 bridgehead atoms. The zero-order chi connectivity index (χ0) is 10.6. The van der Waals surface area contributed by atoms with Crippen molar-refractivity contribution in [3.05, 3.63) is 11.1 Å². The zero-order valence-corrected chi connectivity index (χ0v) is 10.0. The van der Waals surface area contributed by atoms with Gasteiger partial charge in [-0.3, -0.25) is 0 Å². The third-order valence-corrected chi connectivity index (χ3v) is 2.97. The van der Waals surface area contributed by atoms with Gasteiger partial charge in [-0.25, -0.2) is 4.98 Å². The van der Waals surface area contributed by atoms with E-state index in [4.69, 9.17) is 4.74 Å². The number of ether oxygens (including phenoxy) is 1. The van der Waals surface area contributed by atoms with Crippen LogP contribution in [0.2, 0.25) is 0 Å². The molecule has 0 saturated heterocycles. The van der Waals surface area contributed by atoms with Crippen LogP contribution in [0.25, 0.3) is 0 Å². The summed E-state index contributed by atoms with van der Waals surface area (Å²) < 4.78 is 5.16. The fourth-order valence-electron chi connectivity index (χ4n) is 1.16. The summed E-state index contributed by atoms with van der Waals surface area (Å²) in [5.74, 6) is 0.541. The number of nitrogens with one attached hydrogen (secondary N) is 1. The van der Waals surface area contributed by atoms with Crippen LogP contribution in [-0.2, 0) is 4.74 Å². The maximum atomic E-state index is 5.16. The number of aromatic nitrogens is 1. The van der Waals surface area contributed by atoms with Crippen LogP contribution in [-0.4, -0.2) is 24.7 Å². The molecule has 4 heteroatoms. The van der Waals surface area contributed by atoms with E-state index in [0.29, 0.717) is 12.0 Å². The largest absolute Gasteiger partial charge is 0.383 e. The van der Waals surface area contributed by atoms with Crippen molar-refractivity contribution in [1.82, 2.24) is 4.98 Å². The molecule has 1 rings (SSSR count). The Morgan fingerprint density at radius 1 is 1.57 bits per heavy atom. The molecule has 0 radical (unpaired) electrons. The Morgan fingerprint density at radius 3 is 2.71 bits per heavy atom. The molecule has 0 saturated carbocycles. The van der Waals surface area contributed by atoms with E-state index in [-0.39, 0.29) is 0 Å². The third kappa shape index (κ3) is 3.27. The average Bonchev–Trinajstić information content (AvgIpc) is 2.50. The molecule has 1 atom stereocenters. The van der Waals surface area contributed by atoms with Crippen LogP contribution < -0.4 is 5.32 Å². The molecule has 14 heavy (non-hydrogen) atoms. The maximum Gasteiger partial charge on any atom is 0.183 e. The fourth-order valence-corrected chi connectivity index (χ4v) is 1.91. The lowest BCUT2D eigenvalue weighted by Crippen LogP contribution is -2.30. The van der Waals surface area contributed by atoms with Gasteiger partial charge in [0.2, 0.25) is 0 Å². The lowest BCUT2D eigenvalue weighted by molar-refractivity contribution is 0.171. The Labute approximate surface area is 89.5 Å². The highest BCUT2D eigenvalue weighted by Gasteiger charge is 2.13. The van der Waals surface area contributed by atoms with Crippen molar-refractivity contribution in [3.8, 4) is 0 Å². The van der Waals surface area contributed by atoms with Crippen molar-refractivity contribution in [1.29, 1.82) is 0 Å². The van der Waals surface area contributed by atoms with Crippen LogP contribution in [0.5, 0.6) is 0 Å². The monoisotopic (exact) mass is 214 g/mol. The van der Waals surface area contributed by atoms with Gasteiger partial charge in [-0.1, -0.05) is 13.8 Å². The highest BCUT2D eigenvalue weighted by atomic mass is 32.1. The first-order valence-electron chi connectivity index (χ1n) is 4.81. The normalized spacial score (nSPS) is 13.2. The number of nitrogens with zero attached hydrogens (tertiary/aromatic N) is 1. The number of anilines is 1. The Balaban J connectivity index is 2.55. The second-order valence-electron chi connectivity index (χ2n) is 3.74. The van der Waals surface area contributed by atoms with E-state index in [1.165, 1.54) is 0 Å². The summed E-state index contributed by atoms with van der Waals surface area (Å²) in [6.07, 6.45) is 0. The van der Waals surface area contributed by atoms with Crippen LogP contribution >= 0.6 is 11.3 Å². The molecule has 0 fully saturated rings. The van der Waals surface area contributed by atoms with Gasteiger partial charge in [-0.05, 0) is 12.8 Å². The molecular weight excluding hydrogens is 196 g/mol. The van der Waals surface area contributed by atoms with Gasteiger partial charge in [0.1, 0.15) is 0 Å². The van der Waals surface area contributed by atoms with Gasteiger partial charge in [-0.15, -0.1) is 11.3 Å². The molecule has 1 aromatic heterocycles. The molecule has 3 nitrogen and oxygen atoms in total. The highest BCUT2D eigenvalue weighted by Crippen LogP contribution is 2.17. The Kier molecular flexibility index (Phi) is 4.35. The molecule has 1 heterocycles. The molecular formula is C10H18N2OS. The quantitative estimate of drug-likeness (QED) is 0.818. The van der Waals surface area contributed by atoms with E-state index in [9.17, 15) is 0 Å². The smallest absolute Gasteiger partial charge is 0.183 e. The first kappa shape index (κ1) is 11.5.